The third kappa shape index (κ3) is 3.12. The second-order valence-electron chi connectivity index (χ2n) is 4.56. The minimum Gasteiger partial charge on any atom is -0.307 e. The third-order valence-corrected chi connectivity index (χ3v) is 3.28. The standard InChI is InChI=1S/C14H9ClF3N3O/c1-8-4-11(14(16,17)18)10(5-19)13(22)21(8)7-9-2-3-12(15)20-6-9/h2-4,6H,7H2,1H3. The Kier molecular flexibility index (Phi) is 4.24. The predicted octanol–water partition coefficient (Wildman–Crippen LogP) is 3.14. The molecule has 0 unspecified atom stereocenters. The Hall–Kier alpha value is -2.33. The number of nitrogens with zero attached hydrogens (tertiary/aromatic N) is 3. The van der Waals surface area contributed by atoms with Crippen LogP contribution in [0.5, 0.6) is 0 Å². The van der Waals surface area contributed by atoms with Gasteiger partial charge < -0.3 is 4.57 Å². The predicted molar refractivity (Wildman–Crippen MR) is 73.5 cm³/mol. The molecule has 0 fully saturated rings. The van der Waals surface area contributed by atoms with Gasteiger partial charge in [0.1, 0.15) is 16.8 Å². The number of aromatic nitrogens is 2. The topological polar surface area (TPSA) is 58.7 Å². The molecule has 0 bridgehead atoms. The summed E-state index contributed by atoms with van der Waals surface area (Å²) in [5, 5.41) is 9.15. The molecule has 0 aliphatic carbocycles. The Morgan fingerprint density at radius 1 is 1.41 bits per heavy atom. The fourth-order valence-corrected chi connectivity index (χ4v) is 2.09. The second-order valence-corrected chi connectivity index (χ2v) is 4.95. The SMILES string of the molecule is Cc1cc(C(F)(F)F)c(C#N)c(=O)n1Cc1ccc(Cl)nc1. The summed E-state index contributed by atoms with van der Waals surface area (Å²) in [5.74, 6) is 0. The molecule has 0 saturated heterocycles. The van der Waals surface area contributed by atoms with Gasteiger partial charge in [0.15, 0.2) is 0 Å². The van der Waals surface area contributed by atoms with Crippen molar-refractivity contribution in [2.45, 2.75) is 19.6 Å². The Bertz CT molecular complexity index is 804. The molecule has 0 amide bonds. The molecule has 2 rings (SSSR count). The molecular weight excluding hydrogens is 319 g/mol. The first kappa shape index (κ1) is 16.0. The lowest BCUT2D eigenvalue weighted by Crippen LogP contribution is -2.29. The van der Waals surface area contributed by atoms with Crippen molar-refractivity contribution < 1.29 is 13.2 Å². The normalized spacial score (nSPS) is 11.3. The van der Waals surface area contributed by atoms with Gasteiger partial charge >= 0.3 is 6.18 Å². The van der Waals surface area contributed by atoms with Gasteiger partial charge in [0, 0.05) is 11.9 Å². The zero-order chi connectivity index (χ0) is 16.5. The number of aryl methyl sites for hydroxylation is 1. The fourth-order valence-electron chi connectivity index (χ4n) is 1.98. The van der Waals surface area contributed by atoms with Crippen LogP contribution >= 0.6 is 11.6 Å². The highest BCUT2D eigenvalue weighted by Crippen LogP contribution is 2.31. The molecule has 0 aliphatic heterocycles. The van der Waals surface area contributed by atoms with Crippen molar-refractivity contribution in [1.82, 2.24) is 9.55 Å². The summed E-state index contributed by atoms with van der Waals surface area (Å²) in [4.78, 5) is 16.0. The molecule has 0 aromatic carbocycles. The van der Waals surface area contributed by atoms with E-state index in [1.165, 1.54) is 25.3 Å². The molecule has 0 radical (unpaired) electrons. The fraction of sp³-hybridized carbons (Fsp3) is 0.214. The van der Waals surface area contributed by atoms with Crippen LogP contribution in [0.15, 0.2) is 29.2 Å². The third-order valence-electron chi connectivity index (χ3n) is 3.05. The van der Waals surface area contributed by atoms with E-state index >= 15 is 0 Å². The molecule has 22 heavy (non-hydrogen) atoms. The molecule has 8 heteroatoms. The van der Waals surface area contributed by atoms with E-state index < -0.39 is 22.9 Å². The average Bonchev–Trinajstić information content (AvgIpc) is 2.44. The lowest BCUT2D eigenvalue weighted by Gasteiger charge is -2.15. The van der Waals surface area contributed by atoms with Crippen molar-refractivity contribution in [1.29, 1.82) is 5.26 Å². The zero-order valence-corrected chi connectivity index (χ0v) is 12.0. The minimum atomic E-state index is -4.75. The van der Waals surface area contributed by atoms with E-state index in [9.17, 15) is 18.0 Å². The minimum absolute atomic E-state index is 0.00164. The van der Waals surface area contributed by atoms with Crippen LogP contribution in [0.4, 0.5) is 13.2 Å². The average molecular weight is 328 g/mol. The van der Waals surface area contributed by atoms with Gasteiger partial charge in [-0.05, 0) is 24.6 Å². The van der Waals surface area contributed by atoms with Crippen LogP contribution in [0, 0.1) is 18.3 Å². The zero-order valence-electron chi connectivity index (χ0n) is 11.3. The van der Waals surface area contributed by atoms with Crippen LogP contribution in [0.2, 0.25) is 5.15 Å². The van der Waals surface area contributed by atoms with Crippen LogP contribution in [-0.4, -0.2) is 9.55 Å². The second kappa shape index (κ2) is 5.81. The smallest absolute Gasteiger partial charge is 0.307 e. The van der Waals surface area contributed by atoms with Gasteiger partial charge in [-0.25, -0.2) is 4.98 Å². The molecule has 0 saturated carbocycles. The first-order valence-electron chi connectivity index (χ1n) is 6.06. The van der Waals surface area contributed by atoms with Crippen molar-refractivity contribution in [2.24, 2.45) is 0 Å². The summed E-state index contributed by atoms with van der Waals surface area (Å²) in [6.45, 7) is 1.38. The highest BCUT2D eigenvalue weighted by Gasteiger charge is 2.35. The van der Waals surface area contributed by atoms with Gasteiger partial charge in [-0.15, -0.1) is 0 Å². The van der Waals surface area contributed by atoms with Crippen LogP contribution < -0.4 is 5.56 Å². The number of pyridine rings is 2. The van der Waals surface area contributed by atoms with Gasteiger partial charge in [-0.3, -0.25) is 4.79 Å². The first-order chi connectivity index (χ1) is 10.2. The summed E-state index contributed by atoms with van der Waals surface area (Å²) in [6, 6.07) is 5.25. The Morgan fingerprint density at radius 3 is 2.59 bits per heavy atom. The van der Waals surface area contributed by atoms with E-state index in [-0.39, 0.29) is 17.4 Å². The van der Waals surface area contributed by atoms with E-state index in [1.54, 1.807) is 6.07 Å². The maximum absolute atomic E-state index is 12.9. The quantitative estimate of drug-likeness (QED) is 0.796. The van der Waals surface area contributed by atoms with Crippen LogP contribution in [0.3, 0.4) is 0 Å². The van der Waals surface area contributed by atoms with Crippen LogP contribution in [0.1, 0.15) is 22.4 Å². The van der Waals surface area contributed by atoms with Gasteiger partial charge in [0.05, 0.1) is 12.1 Å². The summed E-state index contributed by atoms with van der Waals surface area (Å²) in [6.07, 6.45) is -3.34. The highest BCUT2D eigenvalue weighted by atomic mass is 35.5. The number of alkyl halides is 3. The van der Waals surface area contributed by atoms with Crippen molar-refractivity contribution >= 4 is 11.6 Å². The Balaban J connectivity index is 2.57. The van der Waals surface area contributed by atoms with E-state index in [2.05, 4.69) is 4.98 Å². The highest BCUT2D eigenvalue weighted by molar-refractivity contribution is 6.29. The van der Waals surface area contributed by atoms with E-state index in [4.69, 9.17) is 16.9 Å². The molecule has 0 aliphatic rings. The van der Waals surface area contributed by atoms with E-state index in [0.717, 1.165) is 10.6 Å². The molecule has 0 N–H and O–H groups in total. The summed E-state index contributed by atoms with van der Waals surface area (Å²) in [7, 11) is 0. The molecular formula is C14H9ClF3N3O. The monoisotopic (exact) mass is 327 g/mol. The largest absolute Gasteiger partial charge is 0.417 e. The van der Waals surface area contributed by atoms with Gasteiger partial charge in [-0.1, -0.05) is 17.7 Å². The summed E-state index contributed by atoms with van der Waals surface area (Å²) < 4.78 is 39.7. The maximum atomic E-state index is 12.9. The van der Waals surface area contributed by atoms with E-state index in [1.807, 2.05) is 0 Å². The van der Waals surface area contributed by atoms with Crippen molar-refractivity contribution in [3.8, 4) is 6.07 Å². The molecule has 2 heterocycles. The summed E-state index contributed by atoms with van der Waals surface area (Å²) >= 11 is 5.65. The number of halogens is 4. The van der Waals surface area contributed by atoms with Gasteiger partial charge in [-0.2, -0.15) is 18.4 Å². The molecule has 2 aromatic rings. The molecule has 114 valence electrons. The lowest BCUT2D eigenvalue weighted by atomic mass is 10.1. The Morgan fingerprint density at radius 2 is 2.09 bits per heavy atom. The van der Waals surface area contributed by atoms with Gasteiger partial charge in [0.2, 0.25) is 0 Å². The molecule has 0 atom stereocenters. The van der Waals surface area contributed by atoms with E-state index in [0.29, 0.717) is 5.56 Å². The number of nitriles is 1. The van der Waals surface area contributed by atoms with Gasteiger partial charge in [0.25, 0.3) is 5.56 Å². The van der Waals surface area contributed by atoms with Crippen molar-refractivity contribution in [3.05, 3.63) is 62.3 Å². The molecule has 2 aromatic heterocycles. The van der Waals surface area contributed by atoms with Crippen LogP contribution in [0.25, 0.3) is 0 Å². The van der Waals surface area contributed by atoms with Crippen molar-refractivity contribution in [2.75, 3.05) is 0 Å². The van der Waals surface area contributed by atoms with Crippen molar-refractivity contribution in [3.63, 3.8) is 0 Å². The number of rotatable bonds is 2. The number of hydrogen-bond donors (Lipinski definition) is 0. The lowest BCUT2D eigenvalue weighted by molar-refractivity contribution is -0.138. The Labute approximate surface area is 128 Å². The number of hydrogen-bond acceptors (Lipinski definition) is 3. The molecule has 4 nitrogen and oxygen atoms in total. The van der Waals surface area contributed by atoms with Crippen LogP contribution in [-0.2, 0) is 12.7 Å². The summed E-state index contributed by atoms with van der Waals surface area (Å²) in [5.41, 5.74) is -2.43. The maximum Gasteiger partial charge on any atom is 0.417 e. The molecule has 0 spiro atoms. The first-order valence-corrected chi connectivity index (χ1v) is 6.44.